The van der Waals surface area contributed by atoms with E-state index in [1.165, 1.54) is 6.07 Å². The van der Waals surface area contributed by atoms with Gasteiger partial charge in [-0.05, 0) is 19.8 Å². The van der Waals surface area contributed by atoms with Gasteiger partial charge in [0.25, 0.3) is 0 Å². The fourth-order valence-electron chi connectivity index (χ4n) is 1.66. The van der Waals surface area contributed by atoms with E-state index in [1.54, 1.807) is 0 Å². The zero-order valence-corrected chi connectivity index (χ0v) is 9.10. The van der Waals surface area contributed by atoms with Gasteiger partial charge in [0.05, 0.1) is 12.7 Å². The Morgan fingerprint density at radius 1 is 1.56 bits per heavy atom. The van der Waals surface area contributed by atoms with Gasteiger partial charge in [0.2, 0.25) is 0 Å². The van der Waals surface area contributed by atoms with Gasteiger partial charge in [-0.25, -0.2) is 0 Å². The summed E-state index contributed by atoms with van der Waals surface area (Å²) in [6.45, 7) is 2.48. The molecule has 1 aliphatic heterocycles. The van der Waals surface area contributed by atoms with Crippen molar-refractivity contribution >= 4 is 0 Å². The molecule has 0 spiro atoms. The van der Waals surface area contributed by atoms with Crippen LogP contribution < -0.4 is 5.32 Å². The Balaban J connectivity index is 2.46. The summed E-state index contributed by atoms with van der Waals surface area (Å²) in [7, 11) is 0. The third kappa shape index (κ3) is 3.65. The van der Waals surface area contributed by atoms with Gasteiger partial charge < -0.3 is 10.1 Å². The van der Waals surface area contributed by atoms with Crippen LogP contribution in [0.4, 0.5) is 13.2 Å². The second kappa shape index (κ2) is 5.02. The highest BCUT2D eigenvalue weighted by Crippen LogP contribution is 2.26. The summed E-state index contributed by atoms with van der Waals surface area (Å²) in [6.07, 6.45) is -2.87. The van der Waals surface area contributed by atoms with E-state index >= 15 is 0 Å². The molecule has 6 heteroatoms. The zero-order chi connectivity index (χ0) is 12.2. The fourth-order valence-corrected chi connectivity index (χ4v) is 1.66. The molecule has 0 aliphatic carbocycles. The van der Waals surface area contributed by atoms with E-state index in [0.717, 1.165) is 12.8 Å². The first-order chi connectivity index (χ1) is 7.37. The first-order valence-corrected chi connectivity index (χ1v) is 5.16. The van der Waals surface area contributed by atoms with Crippen molar-refractivity contribution in [2.24, 2.45) is 5.92 Å². The maximum atomic E-state index is 12.3. The molecule has 0 saturated carbocycles. The lowest BCUT2D eigenvalue weighted by molar-refractivity contribution is -0.159. The van der Waals surface area contributed by atoms with E-state index in [0.29, 0.717) is 13.2 Å². The standard InChI is InChI=1S/C10H15F3N2O/c1-9(3-2-4-16-7-9)15-6-8(5-14)10(11,12)13/h8,15H,2-4,6-7H2,1H3. The molecular formula is C10H15F3N2O. The van der Waals surface area contributed by atoms with E-state index < -0.39 is 17.6 Å². The Bertz CT molecular complexity index is 266. The average molecular weight is 236 g/mol. The predicted octanol–water partition coefficient (Wildman–Crippen LogP) is 1.85. The van der Waals surface area contributed by atoms with E-state index in [1.807, 2.05) is 6.92 Å². The normalized spacial score (nSPS) is 28.4. The van der Waals surface area contributed by atoms with Crippen LogP contribution in [0.25, 0.3) is 0 Å². The Morgan fingerprint density at radius 2 is 2.25 bits per heavy atom. The number of ether oxygens (including phenoxy) is 1. The van der Waals surface area contributed by atoms with Crippen molar-refractivity contribution in [3.63, 3.8) is 0 Å². The van der Waals surface area contributed by atoms with E-state index in [2.05, 4.69) is 5.32 Å². The molecule has 1 aliphatic rings. The van der Waals surface area contributed by atoms with Gasteiger partial charge in [-0.2, -0.15) is 18.4 Å². The lowest BCUT2D eigenvalue weighted by atomic mass is 9.94. The molecule has 2 atom stereocenters. The Kier molecular flexibility index (Phi) is 4.16. The van der Waals surface area contributed by atoms with Crippen molar-refractivity contribution in [3.05, 3.63) is 0 Å². The summed E-state index contributed by atoms with van der Waals surface area (Å²) >= 11 is 0. The van der Waals surface area contributed by atoms with Crippen molar-refractivity contribution in [1.29, 1.82) is 5.26 Å². The third-order valence-electron chi connectivity index (χ3n) is 2.72. The van der Waals surface area contributed by atoms with Gasteiger partial charge in [-0.15, -0.1) is 0 Å². The summed E-state index contributed by atoms with van der Waals surface area (Å²) in [4.78, 5) is 0. The van der Waals surface area contributed by atoms with Crippen LogP contribution in [0.3, 0.4) is 0 Å². The van der Waals surface area contributed by atoms with Crippen molar-refractivity contribution in [2.45, 2.75) is 31.5 Å². The Labute approximate surface area is 92.6 Å². The number of nitrogens with one attached hydrogen (secondary N) is 1. The van der Waals surface area contributed by atoms with Crippen LogP contribution in [-0.4, -0.2) is 31.5 Å². The van der Waals surface area contributed by atoms with Gasteiger partial charge in [0.15, 0.2) is 5.92 Å². The number of hydrogen-bond acceptors (Lipinski definition) is 3. The summed E-state index contributed by atoms with van der Waals surface area (Å²) in [5.74, 6) is -1.95. The van der Waals surface area contributed by atoms with Crippen LogP contribution in [-0.2, 0) is 4.74 Å². The molecule has 1 heterocycles. The smallest absolute Gasteiger partial charge is 0.380 e. The van der Waals surface area contributed by atoms with Gasteiger partial charge in [-0.3, -0.25) is 0 Å². The molecule has 3 nitrogen and oxygen atoms in total. The molecule has 1 N–H and O–H groups in total. The molecule has 0 radical (unpaired) electrons. The predicted molar refractivity (Wildman–Crippen MR) is 51.6 cm³/mol. The minimum atomic E-state index is -4.46. The third-order valence-corrected chi connectivity index (χ3v) is 2.72. The Hall–Kier alpha value is -0.800. The van der Waals surface area contributed by atoms with E-state index in [9.17, 15) is 13.2 Å². The number of nitriles is 1. The lowest BCUT2D eigenvalue weighted by Crippen LogP contribution is -2.51. The molecule has 92 valence electrons. The SMILES string of the molecule is CC1(NCC(C#N)C(F)(F)F)CCCOC1. The molecule has 0 aromatic heterocycles. The molecule has 1 rings (SSSR count). The number of alkyl halides is 3. The molecule has 2 unspecified atom stereocenters. The highest BCUT2D eigenvalue weighted by atomic mass is 19.4. The summed E-state index contributed by atoms with van der Waals surface area (Å²) < 4.78 is 42.1. The molecular weight excluding hydrogens is 221 g/mol. The maximum absolute atomic E-state index is 12.3. The molecule has 0 amide bonds. The number of hydrogen-bond donors (Lipinski definition) is 1. The molecule has 1 fully saturated rings. The molecule has 16 heavy (non-hydrogen) atoms. The first-order valence-electron chi connectivity index (χ1n) is 5.16. The van der Waals surface area contributed by atoms with Crippen LogP contribution in [0.5, 0.6) is 0 Å². The highest BCUT2D eigenvalue weighted by molar-refractivity contribution is 4.94. The quantitative estimate of drug-likeness (QED) is 0.813. The van der Waals surface area contributed by atoms with E-state index in [4.69, 9.17) is 10.00 Å². The number of nitrogens with zero attached hydrogens (tertiary/aromatic N) is 1. The number of halogens is 3. The zero-order valence-electron chi connectivity index (χ0n) is 9.10. The van der Waals surface area contributed by atoms with Crippen molar-refractivity contribution in [2.75, 3.05) is 19.8 Å². The minimum Gasteiger partial charge on any atom is -0.380 e. The average Bonchev–Trinajstić information content (AvgIpc) is 2.17. The second-order valence-corrected chi connectivity index (χ2v) is 4.32. The Morgan fingerprint density at radius 3 is 2.69 bits per heavy atom. The fraction of sp³-hybridized carbons (Fsp3) is 0.900. The number of rotatable bonds is 3. The van der Waals surface area contributed by atoms with Gasteiger partial charge in [-0.1, -0.05) is 0 Å². The van der Waals surface area contributed by atoms with Crippen LogP contribution in [0, 0.1) is 17.2 Å². The van der Waals surface area contributed by atoms with Crippen LogP contribution in [0.15, 0.2) is 0 Å². The molecule has 0 aromatic rings. The van der Waals surface area contributed by atoms with Gasteiger partial charge in [0.1, 0.15) is 0 Å². The second-order valence-electron chi connectivity index (χ2n) is 4.32. The summed E-state index contributed by atoms with van der Waals surface area (Å²) in [6, 6.07) is 1.27. The van der Waals surface area contributed by atoms with Crippen LogP contribution in [0.2, 0.25) is 0 Å². The largest absolute Gasteiger partial charge is 0.405 e. The molecule has 1 saturated heterocycles. The van der Waals surface area contributed by atoms with Crippen LogP contribution >= 0.6 is 0 Å². The van der Waals surface area contributed by atoms with Gasteiger partial charge >= 0.3 is 6.18 Å². The maximum Gasteiger partial charge on any atom is 0.405 e. The summed E-state index contributed by atoms with van der Waals surface area (Å²) in [5, 5.41) is 11.2. The summed E-state index contributed by atoms with van der Waals surface area (Å²) in [5.41, 5.74) is -0.446. The lowest BCUT2D eigenvalue weighted by Gasteiger charge is -2.35. The molecule has 0 bridgehead atoms. The minimum absolute atomic E-state index is 0.375. The van der Waals surface area contributed by atoms with Crippen molar-refractivity contribution in [3.8, 4) is 6.07 Å². The monoisotopic (exact) mass is 236 g/mol. The van der Waals surface area contributed by atoms with Crippen LogP contribution in [0.1, 0.15) is 19.8 Å². The van der Waals surface area contributed by atoms with E-state index in [-0.39, 0.29) is 6.54 Å². The molecule has 0 aromatic carbocycles. The van der Waals surface area contributed by atoms with Crippen molar-refractivity contribution in [1.82, 2.24) is 5.32 Å². The highest BCUT2D eigenvalue weighted by Gasteiger charge is 2.41. The van der Waals surface area contributed by atoms with Crippen molar-refractivity contribution < 1.29 is 17.9 Å². The van der Waals surface area contributed by atoms with Gasteiger partial charge in [0, 0.05) is 18.7 Å². The first kappa shape index (κ1) is 13.3. The topological polar surface area (TPSA) is 45.0 Å².